The second-order valence-electron chi connectivity index (χ2n) is 18.3. The molecule has 0 aliphatic carbocycles. The number of hydrogen-bond donors (Lipinski definition) is 5. The molecule has 0 unspecified atom stereocenters. The molecule has 3 aromatic rings. The quantitative estimate of drug-likeness (QED) is 0.0902. The number of aliphatic hydroxyl groups is 2. The summed E-state index contributed by atoms with van der Waals surface area (Å²) in [6.07, 6.45) is -2.26. The third-order valence-electron chi connectivity index (χ3n) is 12.0. The summed E-state index contributed by atoms with van der Waals surface area (Å²) in [5.74, 6) is 0.748. The minimum absolute atomic E-state index is 0.00530. The summed E-state index contributed by atoms with van der Waals surface area (Å²) in [5, 5.41) is 30.9. The van der Waals surface area contributed by atoms with Gasteiger partial charge in [0.15, 0.2) is 12.6 Å². The van der Waals surface area contributed by atoms with Crippen LogP contribution < -0.4 is 16.0 Å². The van der Waals surface area contributed by atoms with Crippen LogP contribution in [0.15, 0.2) is 91.0 Å². The molecule has 66 heavy (non-hydrogen) atoms. The molecular weight excluding hydrogens is 849 g/mol. The van der Waals surface area contributed by atoms with Gasteiger partial charge in [0.2, 0.25) is 0 Å². The van der Waals surface area contributed by atoms with Crippen LogP contribution in [-0.2, 0) is 52.6 Å². The van der Waals surface area contributed by atoms with Crippen molar-refractivity contribution in [2.45, 2.75) is 109 Å². The van der Waals surface area contributed by atoms with Crippen molar-refractivity contribution in [1.29, 1.82) is 0 Å². The minimum Gasteiger partial charge on any atom is -0.445 e. The summed E-state index contributed by atoms with van der Waals surface area (Å²) >= 11 is 0. The van der Waals surface area contributed by atoms with E-state index in [1.54, 1.807) is 0 Å². The van der Waals surface area contributed by atoms with E-state index >= 15 is 0 Å². The van der Waals surface area contributed by atoms with Gasteiger partial charge in [-0.2, -0.15) is 0 Å². The number of hydrogen-bond acceptors (Lipinski definition) is 13. The van der Waals surface area contributed by atoms with Gasteiger partial charge in [0.05, 0.1) is 69.1 Å². The average molecular weight is 919 g/mol. The zero-order valence-corrected chi connectivity index (χ0v) is 38.7. The molecule has 4 heterocycles. The summed E-state index contributed by atoms with van der Waals surface area (Å²) in [5.41, 5.74) is 2.86. The molecule has 5 N–H and O–H groups in total. The van der Waals surface area contributed by atoms with Crippen molar-refractivity contribution in [1.82, 2.24) is 20.9 Å². The van der Waals surface area contributed by atoms with E-state index < -0.39 is 48.7 Å². The van der Waals surface area contributed by atoms with Crippen LogP contribution in [0, 0.1) is 23.7 Å². The van der Waals surface area contributed by atoms with Crippen molar-refractivity contribution in [3.63, 3.8) is 0 Å². The molecule has 4 aliphatic heterocycles. The first-order chi connectivity index (χ1) is 31.9. The largest absolute Gasteiger partial charge is 0.445 e. The molecule has 0 saturated carbocycles. The number of benzene rings is 3. The Morgan fingerprint density at radius 2 is 1.09 bits per heavy atom. The van der Waals surface area contributed by atoms with Crippen molar-refractivity contribution >= 4 is 18.3 Å². The second kappa shape index (κ2) is 25.9. The number of rotatable bonds is 20. The number of carbonyl (C=O) groups excluding carboxylic acids is 3. The van der Waals surface area contributed by atoms with Crippen molar-refractivity contribution < 1.29 is 57.8 Å². The van der Waals surface area contributed by atoms with Crippen LogP contribution in [0.2, 0.25) is 0 Å². The maximum absolute atomic E-state index is 13.0. The Bertz CT molecular complexity index is 1900. The Morgan fingerprint density at radius 1 is 0.621 bits per heavy atom. The second-order valence-corrected chi connectivity index (χ2v) is 18.3. The van der Waals surface area contributed by atoms with Crippen LogP contribution in [0.25, 0.3) is 0 Å². The van der Waals surface area contributed by atoms with E-state index in [1.807, 2.05) is 105 Å². The van der Waals surface area contributed by atoms with Gasteiger partial charge in [0.1, 0.15) is 18.8 Å². The molecule has 0 aromatic heterocycles. The van der Waals surface area contributed by atoms with Gasteiger partial charge in [-0.3, -0.25) is 0 Å². The molecule has 0 bridgehead atoms. The molecular formula is C50H70N4O12. The fourth-order valence-corrected chi connectivity index (χ4v) is 8.53. The number of nitrogens with zero attached hydrogens (tertiary/aromatic N) is 1. The van der Waals surface area contributed by atoms with Crippen LogP contribution in [-0.4, -0.2) is 135 Å². The molecule has 4 aliphatic rings. The summed E-state index contributed by atoms with van der Waals surface area (Å²) in [6.45, 7) is 11.8. The van der Waals surface area contributed by atoms with Gasteiger partial charge in [0.25, 0.3) is 0 Å². The Balaban J connectivity index is 0.000000229. The van der Waals surface area contributed by atoms with Crippen LogP contribution >= 0.6 is 0 Å². The highest BCUT2D eigenvalue weighted by molar-refractivity contribution is 5.69. The van der Waals surface area contributed by atoms with Gasteiger partial charge >= 0.3 is 18.3 Å². The number of alkyl carbamates (subject to hydrolysis) is 2. The lowest BCUT2D eigenvalue weighted by molar-refractivity contribution is -0.0909. The lowest BCUT2D eigenvalue weighted by atomic mass is 10.0. The topological polar surface area (TPSA) is 196 Å². The molecule has 3 aromatic carbocycles. The Hall–Kier alpha value is -4.81. The van der Waals surface area contributed by atoms with Crippen LogP contribution in [0.5, 0.6) is 0 Å². The third kappa shape index (κ3) is 15.9. The average Bonchev–Trinajstić information content (AvgIpc) is 4.12. The van der Waals surface area contributed by atoms with E-state index in [2.05, 4.69) is 29.8 Å². The lowest BCUT2D eigenvalue weighted by Gasteiger charge is -2.31. The highest BCUT2D eigenvalue weighted by Crippen LogP contribution is 2.34. The highest BCUT2D eigenvalue weighted by atomic mass is 16.7. The number of fused-ring (bicyclic) bond motifs is 2. The van der Waals surface area contributed by atoms with Crippen molar-refractivity contribution in [2.75, 3.05) is 52.6 Å². The van der Waals surface area contributed by atoms with Gasteiger partial charge in [-0.25, -0.2) is 14.4 Å². The molecule has 0 radical (unpaired) electrons. The number of aliphatic hydroxyl groups excluding tert-OH is 2. The van der Waals surface area contributed by atoms with Crippen LogP contribution in [0.4, 0.5) is 14.4 Å². The highest BCUT2D eigenvalue weighted by Gasteiger charge is 2.45. The van der Waals surface area contributed by atoms with Crippen LogP contribution in [0.1, 0.15) is 57.2 Å². The Morgan fingerprint density at radius 3 is 1.56 bits per heavy atom. The van der Waals surface area contributed by atoms with Crippen molar-refractivity contribution in [3.8, 4) is 0 Å². The molecule has 16 nitrogen and oxygen atoms in total. The normalized spacial score (nSPS) is 23.7. The number of nitrogens with one attached hydrogen (secondary N) is 3. The monoisotopic (exact) mass is 918 g/mol. The smallest absolute Gasteiger partial charge is 0.410 e. The number of carbonyl (C=O) groups is 3. The molecule has 4 fully saturated rings. The zero-order chi connectivity index (χ0) is 46.8. The number of amides is 3. The summed E-state index contributed by atoms with van der Waals surface area (Å²) in [7, 11) is 0. The molecule has 3 amide bonds. The van der Waals surface area contributed by atoms with Gasteiger partial charge in [-0.15, -0.1) is 0 Å². The third-order valence-corrected chi connectivity index (χ3v) is 12.0. The number of ether oxygens (including phenoxy) is 7. The van der Waals surface area contributed by atoms with E-state index in [4.69, 9.17) is 33.2 Å². The maximum Gasteiger partial charge on any atom is 0.410 e. The van der Waals surface area contributed by atoms with Gasteiger partial charge in [0, 0.05) is 13.1 Å². The lowest BCUT2D eigenvalue weighted by Crippen LogP contribution is -2.52. The van der Waals surface area contributed by atoms with Gasteiger partial charge < -0.3 is 64.2 Å². The zero-order valence-electron chi connectivity index (χ0n) is 38.7. The maximum atomic E-state index is 13.0. The fraction of sp³-hybridized carbons (Fsp3) is 0.580. The standard InChI is InChI=1S/C29H38N2O7.C21H32N2O5/c1-20(2)16-31(29(34)37-18-22-11-7-4-8-12-22)17-25(32)24(15-21-9-5-3-6-10-21)30-28(33)38-26-19-36-27-23(26)13-14-35-27;1-14(2)11-22-12-18(24)17(10-15-6-4-3-5-7-15)23-21(25)28-19-13-27-20-16(19)8-9-26-20/h3-12,20,23-27,32H,13-19H2,1-2H3,(H,30,33);3-7,14,16-20,22,24H,8-13H2,1-2H3,(H,23,25)/t23-,24-,25+,26-,27+;16-,17-,18+,19-,20+/m00/s1. The van der Waals surface area contributed by atoms with Crippen molar-refractivity contribution in [2.24, 2.45) is 23.7 Å². The van der Waals surface area contributed by atoms with E-state index in [-0.39, 0.29) is 56.2 Å². The first kappa shape index (κ1) is 50.6. The Labute approximate surface area is 388 Å². The van der Waals surface area contributed by atoms with E-state index in [0.29, 0.717) is 51.7 Å². The SMILES string of the molecule is CC(C)CN(C[C@@H](O)[C@H](Cc1ccccc1)NC(=O)O[C@H]1CO[C@H]2OCC[C@H]21)C(=O)OCc1ccccc1.CC(C)CNC[C@@H](O)[C@H](Cc1ccccc1)NC(=O)O[C@H]1CO[C@H]2OCC[C@H]21. The molecule has 4 saturated heterocycles. The predicted octanol–water partition coefficient (Wildman–Crippen LogP) is 5.43. The van der Waals surface area contributed by atoms with E-state index in [9.17, 15) is 24.6 Å². The molecule has 0 spiro atoms. The van der Waals surface area contributed by atoms with Gasteiger partial charge in [-0.05, 0) is 60.8 Å². The Kier molecular flexibility index (Phi) is 19.9. The van der Waals surface area contributed by atoms with E-state index in [0.717, 1.165) is 36.1 Å². The summed E-state index contributed by atoms with van der Waals surface area (Å²) in [4.78, 5) is 39.9. The van der Waals surface area contributed by atoms with E-state index in [1.165, 1.54) is 4.90 Å². The summed E-state index contributed by atoms with van der Waals surface area (Å²) < 4.78 is 38.9. The predicted molar refractivity (Wildman–Crippen MR) is 245 cm³/mol. The first-order valence-corrected chi connectivity index (χ1v) is 23.4. The molecule has 7 rings (SSSR count). The molecule has 10 atom stereocenters. The molecule has 362 valence electrons. The fourth-order valence-electron chi connectivity index (χ4n) is 8.53. The van der Waals surface area contributed by atoms with Gasteiger partial charge in [-0.1, -0.05) is 119 Å². The van der Waals surface area contributed by atoms with Crippen LogP contribution in [0.3, 0.4) is 0 Å². The minimum atomic E-state index is -1.06. The first-order valence-electron chi connectivity index (χ1n) is 23.4. The summed E-state index contributed by atoms with van der Waals surface area (Å²) in [6, 6.07) is 27.7. The molecule has 16 heteroatoms. The van der Waals surface area contributed by atoms with Crippen molar-refractivity contribution in [3.05, 3.63) is 108 Å².